The van der Waals surface area contributed by atoms with Crippen molar-refractivity contribution in [2.45, 2.75) is 0 Å². The minimum atomic E-state index is -0.562. The number of ether oxygens (including phenoxy) is 2. The first kappa shape index (κ1) is 7.88. The molecule has 0 saturated heterocycles. The lowest BCUT2D eigenvalue weighted by Gasteiger charge is -2.02. The first-order chi connectivity index (χ1) is 5.36. The van der Waals surface area contributed by atoms with Crippen molar-refractivity contribution in [3.63, 3.8) is 0 Å². The molecule has 0 unspecified atom stereocenters. The third-order valence-corrected chi connectivity index (χ3v) is 1.27. The summed E-state index contributed by atoms with van der Waals surface area (Å²) in [5.41, 5.74) is 0. The lowest BCUT2D eigenvalue weighted by Crippen LogP contribution is -1.93. The molecular weight excluding hydrogens is 144 g/mol. The fourth-order valence-electron chi connectivity index (χ4n) is 0.759. The van der Waals surface area contributed by atoms with Gasteiger partial charge in [0.1, 0.15) is 11.5 Å². The van der Waals surface area contributed by atoms with Gasteiger partial charge in [0.2, 0.25) is 6.79 Å². The van der Waals surface area contributed by atoms with E-state index >= 15 is 0 Å². The molecule has 1 rings (SSSR count). The van der Waals surface area contributed by atoms with Gasteiger partial charge in [0.05, 0.1) is 7.11 Å². The SMILES string of the molecule is COc1cccc(OC[O])c1. The number of hydrogen-bond donors (Lipinski definition) is 0. The van der Waals surface area contributed by atoms with E-state index in [0.29, 0.717) is 11.5 Å². The summed E-state index contributed by atoms with van der Waals surface area (Å²) in [5, 5.41) is 10.0. The predicted molar refractivity (Wildman–Crippen MR) is 39.2 cm³/mol. The van der Waals surface area contributed by atoms with Crippen molar-refractivity contribution in [1.82, 2.24) is 0 Å². The molecule has 3 heteroatoms. The molecule has 11 heavy (non-hydrogen) atoms. The quantitative estimate of drug-likeness (QED) is 0.616. The normalized spacial score (nSPS) is 9.27. The Labute approximate surface area is 65.2 Å². The zero-order chi connectivity index (χ0) is 8.10. The Balaban J connectivity index is 2.74. The molecule has 0 aliphatic heterocycles. The molecule has 1 aromatic rings. The zero-order valence-electron chi connectivity index (χ0n) is 6.24. The monoisotopic (exact) mass is 153 g/mol. The lowest BCUT2D eigenvalue weighted by atomic mass is 10.3. The molecule has 0 fully saturated rings. The molecule has 59 valence electrons. The Morgan fingerprint density at radius 1 is 1.36 bits per heavy atom. The summed E-state index contributed by atoms with van der Waals surface area (Å²) in [5.74, 6) is 1.23. The highest BCUT2D eigenvalue weighted by atomic mass is 16.6. The van der Waals surface area contributed by atoms with Crippen LogP contribution in [0.5, 0.6) is 11.5 Å². The van der Waals surface area contributed by atoms with Gasteiger partial charge in [-0.05, 0) is 12.1 Å². The van der Waals surface area contributed by atoms with Crippen LogP contribution in [-0.4, -0.2) is 13.9 Å². The van der Waals surface area contributed by atoms with E-state index in [2.05, 4.69) is 0 Å². The maximum Gasteiger partial charge on any atom is 0.221 e. The molecule has 0 bridgehead atoms. The van der Waals surface area contributed by atoms with Gasteiger partial charge < -0.3 is 9.47 Å². The molecule has 1 radical (unpaired) electrons. The molecule has 0 N–H and O–H groups in total. The fourth-order valence-corrected chi connectivity index (χ4v) is 0.759. The topological polar surface area (TPSA) is 38.4 Å². The van der Waals surface area contributed by atoms with Gasteiger partial charge >= 0.3 is 0 Å². The molecule has 0 atom stereocenters. The highest BCUT2D eigenvalue weighted by Crippen LogP contribution is 2.18. The van der Waals surface area contributed by atoms with Crippen molar-refractivity contribution in [3.8, 4) is 11.5 Å². The Morgan fingerprint density at radius 2 is 2.09 bits per heavy atom. The first-order valence-electron chi connectivity index (χ1n) is 3.22. The Bertz CT molecular complexity index is 222. The number of methoxy groups -OCH3 is 1. The molecule has 3 nitrogen and oxygen atoms in total. The minimum absolute atomic E-state index is 0.541. The van der Waals surface area contributed by atoms with E-state index in [0.717, 1.165) is 0 Å². The van der Waals surface area contributed by atoms with Crippen LogP contribution in [0.15, 0.2) is 24.3 Å². The second-order valence-corrected chi connectivity index (χ2v) is 1.94. The van der Waals surface area contributed by atoms with E-state index in [1.807, 2.05) is 0 Å². The molecule has 0 aliphatic carbocycles. The Morgan fingerprint density at radius 3 is 2.73 bits per heavy atom. The van der Waals surface area contributed by atoms with Gasteiger partial charge in [0.15, 0.2) is 0 Å². The van der Waals surface area contributed by atoms with Crippen molar-refractivity contribution in [2.75, 3.05) is 13.9 Å². The molecule has 1 aromatic carbocycles. The van der Waals surface area contributed by atoms with E-state index in [9.17, 15) is 5.11 Å². The van der Waals surface area contributed by atoms with Crippen molar-refractivity contribution in [2.24, 2.45) is 0 Å². The maximum absolute atomic E-state index is 10.0. The average Bonchev–Trinajstić information content (AvgIpc) is 2.06. The van der Waals surface area contributed by atoms with Gasteiger partial charge in [0, 0.05) is 6.07 Å². The molecule has 0 heterocycles. The summed E-state index contributed by atoms with van der Waals surface area (Å²) in [6.45, 7) is -0.562. The van der Waals surface area contributed by atoms with Crippen LogP contribution in [0.3, 0.4) is 0 Å². The summed E-state index contributed by atoms with van der Waals surface area (Å²) in [6, 6.07) is 6.93. The number of hydrogen-bond acceptors (Lipinski definition) is 2. The lowest BCUT2D eigenvalue weighted by molar-refractivity contribution is 0.0375. The molecular formula is C8H9O3. The van der Waals surface area contributed by atoms with Crippen molar-refractivity contribution in [3.05, 3.63) is 24.3 Å². The third kappa shape index (κ3) is 2.13. The first-order valence-corrected chi connectivity index (χ1v) is 3.22. The van der Waals surface area contributed by atoms with Crippen LogP contribution in [0, 0.1) is 0 Å². The van der Waals surface area contributed by atoms with Crippen LogP contribution in [0.2, 0.25) is 0 Å². The van der Waals surface area contributed by atoms with Gasteiger partial charge in [-0.25, -0.2) is 0 Å². The molecule has 0 amide bonds. The Kier molecular flexibility index (Phi) is 2.74. The van der Waals surface area contributed by atoms with E-state index < -0.39 is 6.79 Å². The van der Waals surface area contributed by atoms with Crippen molar-refractivity contribution >= 4 is 0 Å². The molecule has 0 saturated carbocycles. The van der Waals surface area contributed by atoms with Gasteiger partial charge in [-0.15, -0.1) is 0 Å². The highest BCUT2D eigenvalue weighted by molar-refractivity contribution is 5.32. The Hall–Kier alpha value is -1.22. The highest BCUT2D eigenvalue weighted by Gasteiger charge is 1.94. The molecule has 0 spiro atoms. The summed E-state index contributed by atoms with van der Waals surface area (Å²) in [7, 11) is 1.57. The predicted octanol–water partition coefficient (Wildman–Crippen LogP) is 1.46. The van der Waals surface area contributed by atoms with Crippen molar-refractivity contribution in [1.29, 1.82) is 0 Å². The maximum atomic E-state index is 10.0. The van der Waals surface area contributed by atoms with Crippen LogP contribution in [0.4, 0.5) is 0 Å². The van der Waals surface area contributed by atoms with E-state index in [-0.39, 0.29) is 0 Å². The van der Waals surface area contributed by atoms with Gasteiger partial charge in [-0.1, -0.05) is 6.07 Å². The van der Waals surface area contributed by atoms with Crippen LogP contribution < -0.4 is 9.47 Å². The van der Waals surface area contributed by atoms with Gasteiger partial charge in [-0.2, -0.15) is 5.11 Å². The number of benzene rings is 1. The zero-order valence-corrected chi connectivity index (χ0v) is 6.24. The summed E-state index contributed by atoms with van der Waals surface area (Å²) < 4.78 is 9.63. The van der Waals surface area contributed by atoms with E-state index in [1.54, 1.807) is 31.4 Å². The summed E-state index contributed by atoms with van der Waals surface area (Å²) >= 11 is 0. The molecule has 0 aliphatic rings. The minimum Gasteiger partial charge on any atom is -0.497 e. The largest absolute Gasteiger partial charge is 0.497 e. The standard InChI is InChI=1S/C8H9O3/c1-10-7-3-2-4-8(5-7)11-6-9/h2-5H,6H2,1H3. The summed E-state index contributed by atoms with van der Waals surface area (Å²) in [4.78, 5) is 0. The van der Waals surface area contributed by atoms with Crippen LogP contribution >= 0.6 is 0 Å². The third-order valence-electron chi connectivity index (χ3n) is 1.27. The average molecular weight is 153 g/mol. The van der Waals surface area contributed by atoms with Crippen LogP contribution in [-0.2, 0) is 5.11 Å². The van der Waals surface area contributed by atoms with Crippen LogP contribution in [0.1, 0.15) is 0 Å². The van der Waals surface area contributed by atoms with Gasteiger partial charge in [0.25, 0.3) is 0 Å². The second-order valence-electron chi connectivity index (χ2n) is 1.94. The fraction of sp³-hybridized carbons (Fsp3) is 0.250. The van der Waals surface area contributed by atoms with Crippen LogP contribution in [0.25, 0.3) is 0 Å². The van der Waals surface area contributed by atoms with Gasteiger partial charge in [-0.3, -0.25) is 0 Å². The summed E-state index contributed by atoms with van der Waals surface area (Å²) in [6.07, 6.45) is 0. The van der Waals surface area contributed by atoms with E-state index in [1.165, 1.54) is 0 Å². The number of rotatable bonds is 3. The van der Waals surface area contributed by atoms with Crippen molar-refractivity contribution < 1.29 is 14.6 Å². The van der Waals surface area contributed by atoms with E-state index in [4.69, 9.17) is 9.47 Å². The smallest absolute Gasteiger partial charge is 0.221 e. The second kappa shape index (κ2) is 3.83. The molecule has 0 aromatic heterocycles.